The van der Waals surface area contributed by atoms with Crippen molar-refractivity contribution in [1.29, 1.82) is 0 Å². The fourth-order valence-corrected chi connectivity index (χ4v) is 2.30. The Hall–Kier alpha value is -0.870. The molecule has 88 valence electrons. The van der Waals surface area contributed by atoms with Crippen LogP contribution in [0.5, 0.6) is 0 Å². The Morgan fingerprint density at radius 1 is 1.25 bits per heavy atom. The Morgan fingerprint density at radius 2 is 1.94 bits per heavy atom. The third-order valence-electron chi connectivity index (χ3n) is 3.14. The van der Waals surface area contributed by atoms with Crippen molar-refractivity contribution in [2.45, 2.75) is 37.8 Å². The van der Waals surface area contributed by atoms with Crippen molar-refractivity contribution in [3.63, 3.8) is 0 Å². The van der Waals surface area contributed by atoms with E-state index in [1.54, 1.807) is 6.20 Å². The monoisotopic (exact) mass is 240 g/mol. The summed E-state index contributed by atoms with van der Waals surface area (Å²) in [5.74, 6) is 0.754. The van der Waals surface area contributed by atoms with Crippen molar-refractivity contribution in [3.05, 3.63) is 17.5 Å². The average Bonchev–Trinajstić information content (AvgIpc) is 2.33. The minimum Gasteiger partial charge on any atom is -0.366 e. The molecule has 0 aromatic carbocycles. The fourth-order valence-electron chi connectivity index (χ4n) is 2.14. The standard InChI is InChI=1S/C11H17ClN4/c1-13-8-2-4-9(5-3-8)16-11-10(12)6-14-7-15-11/h6-9,13H,2-5H2,1H3,(H,14,15,16). The molecule has 0 saturated heterocycles. The summed E-state index contributed by atoms with van der Waals surface area (Å²) in [4.78, 5) is 8.01. The maximum Gasteiger partial charge on any atom is 0.148 e. The molecule has 16 heavy (non-hydrogen) atoms. The lowest BCUT2D eigenvalue weighted by atomic mass is 9.91. The molecule has 0 radical (unpaired) electrons. The van der Waals surface area contributed by atoms with E-state index >= 15 is 0 Å². The van der Waals surface area contributed by atoms with Crippen molar-refractivity contribution in [1.82, 2.24) is 15.3 Å². The topological polar surface area (TPSA) is 49.8 Å². The molecule has 1 aliphatic carbocycles. The molecule has 4 nitrogen and oxygen atoms in total. The van der Waals surface area contributed by atoms with Crippen LogP contribution in [0.15, 0.2) is 12.5 Å². The van der Waals surface area contributed by atoms with Crippen LogP contribution < -0.4 is 10.6 Å². The number of aromatic nitrogens is 2. The zero-order valence-corrected chi connectivity index (χ0v) is 10.2. The average molecular weight is 241 g/mol. The summed E-state index contributed by atoms with van der Waals surface area (Å²) < 4.78 is 0. The minimum absolute atomic E-state index is 0.483. The van der Waals surface area contributed by atoms with Crippen molar-refractivity contribution in [2.24, 2.45) is 0 Å². The first-order valence-electron chi connectivity index (χ1n) is 5.69. The Balaban J connectivity index is 1.89. The van der Waals surface area contributed by atoms with E-state index in [2.05, 4.69) is 20.6 Å². The van der Waals surface area contributed by atoms with Crippen molar-refractivity contribution >= 4 is 17.4 Å². The highest BCUT2D eigenvalue weighted by Gasteiger charge is 2.20. The molecule has 1 fully saturated rings. The predicted octanol–water partition coefficient (Wildman–Crippen LogP) is 2.07. The van der Waals surface area contributed by atoms with Gasteiger partial charge in [-0.2, -0.15) is 0 Å². The normalized spacial score (nSPS) is 25.4. The van der Waals surface area contributed by atoms with Crippen LogP contribution in [0.2, 0.25) is 5.02 Å². The van der Waals surface area contributed by atoms with E-state index in [1.165, 1.54) is 19.2 Å². The number of hydrogen-bond donors (Lipinski definition) is 2. The maximum atomic E-state index is 6.00. The van der Waals surface area contributed by atoms with Crippen LogP contribution >= 0.6 is 11.6 Å². The van der Waals surface area contributed by atoms with Crippen molar-refractivity contribution in [3.8, 4) is 0 Å². The van der Waals surface area contributed by atoms with E-state index < -0.39 is 0 Å². The number of hydrogen-bond acceptors (Lipinski definition) is 4. The van der Waals surface area contributed by atoms with Gasteiger partial charge in [0.25, 0.3) is 0 Å². The quantitative estimate of drug-likeness (QED) is 0.849. The highest BCUT2D eigenvalue weighted by molar-refractivity contribution is 6.32. The number of halogens is 1. The van der Waals surface area contributed by atoms with Crippen LogP contribution in [-0.4, -0.2) is 29.1 Å². The van der Waals surface area contributed by atoms with Crippen molar-refractivity contribution < 1.29 is 0 Å². The first-order chi connectivity index (χ1) is 7.79. The Labute approximate surface area is 101 Å². The molecule has 5 heteroatoms. The van der Waals surface area contributed by atoms with Crippen molar-refractivity contribution in [2.75, 3.05) is 12.4 Å². The lowest BCUT2D eigenvalue weighted by Gasteiger charge is -2.29. The molecule has 1 aromatic heterocycles. The number of nitrogens with one attached hydrogen (secondary N) is 2. The Kier molecular flexibility index (Phi) is 3.96. The van der Waals surface area contributed by atoms with Gasteiger partial charge in [0, 0.05) is 12.1 Å². The zero-order valence-electron chi connectivity index (χ0n) is 9.41. The van der Waals surface area contributed by atoms with Crippen LogP contribution in [0.4, 0.5) is 5.82 Å². The lowest BCUT2D eigenvalue weighted by Crippen LogP contribution is -2.35. The van der Waals surface area contributed by atoms with Gasteiger partial charge in [-0.05, 0) is 32.7 Å². The molecule has 1 saturated carbocycles. The molecule has 1 aliphatic rings. The van der Waals surface area contributed by atoms with Gasteiger partial charge in [-0.25, -0.2) is 9.97 Å². The molecule has 0 spiro atoms. The zero-order chi connectivity index (χ0) is 11.4. The summed E-state index contributed by atoms with van der Waals surface area (Å²) in [6.45, 7) is 0. The molecule has 0 atom stereocenters. The van der Waals surface area contributed by atoms with Crippen LogP contribution in [0.3, 0.4) is 0 Å². The van der Waals surface area contributed by atoms with Crippen LogP contribution in [0.1, 0.15) is 25.7 Å². The van der Waals surface area contributed by atoms with Crippen LogP contribution in [0.25, 0.3) is 0 Å². The second kappa shape index (κ2) is 5.46. The lowest BCUT2D eigenvalue weighted by molar-refractivity contribution is 0.371. The molecule has 0 bridgehead atoms. The van der Waals surface area contributed by atoms with Gasteiger partial charge in [0.2, 0.25) is 0 Å². The van der Waals surface area contributed by atoms with E-state index in [0.29, 0.717) is 17.1 Å². The molecule has 2 rings (SSSR count). The molecule has 1 aromatic rings. The largest absolute Gasteiger partial charge is 0.366 e. The van der Waals surface area contributed by atoms with E-state index in [0.717, 1.165) is 18.7 Å². The molecule has 1 heterocycles. The van der Waals surface area contributed by atoms with E-state index in [4.69, 9.17) is 11.6 Å². The minimum atomic E-state index is 0.483. The van der Waals surface area contributed by atoms with Gasteiger partial charge in [-0.15, -0.1) is 0 Å². The molecule has 2 N–H and O–H groups in total. The smallest absolute Gasteiger partial charge is 0.148 e. The number of anilines is 1. The summed E-state index contributed by atoms with van der Waals surface area (Å²) >= 11 is 6.00. The van der Waals surface area contributed by atoms with Gasteiger partial charge in [0.15, 0.2) is 0 Å². The SMILES string of the molecule is CNC1CCC(Nc2ncncc2Cl)CC1. The summed E-state index contributed by atoms with van der Waals surface area (Å²) in [6, 6.07) is 1.15. The van der Waals surface area contributed by atoms with Gasteiger partial charge in [0.1, 0.15) is 17.2 Å². The predicted molar refractivity (Wildman–Crippen MR) is 65.8 cm³/mol. The second-order valence-corrected chi connectivity index (χ2v) is 4.61. The third kappa shape index (κ3) is 2.83. The summed E-state index contributed by atoms with van der Waals surface area (Å²) in [6.07, 6.45) is 7.87. The first kappa shape index (κ1) is 11.6. The van der Waals surface area contributed by atoms with Gasteiger partial charge in [-0.1, -0.05) is 11.6 Å². The van der Waals surface area contributed by atoms with Gasteiger partial charge in [-0.3, -0.25) is 0 Å². The number of rotatable bonds is 3. The highest BCUT2D eigenvalue weighted by atomic mass is 35.5. The highest BCUT2D eigenvalue weighted by Crippen LogP contribution is 2.24. The second-order valence-electron chi connectivity index (χ2n) is 4.20. The molecular formula is C11H17ClN4. The molecular weight excluding hydrogens is 224 g/mol. The van der Waals surface area contributed by atoms with E-state index in [9.17, 15) is 0 Å². The molecule has 0 aliphatic heterocycles. The Bertz CT molecular complexity index is 337. The Morgan fingerprint density at radius 3 is 2.56 bits per heavy atom. The summed E-state index contributed by atoms with van der Waals surface area (Å²) in [5, 5.41) is 7.30. The molecule has 0 unspecified atom stereocenters. The third-order valence-corrected chi connectivity index (χ3v) is 3.42. The van der Waals surface area contributed by atoms with Gasteiger partial charge in [0.05, 0.1) is 6.20 Å². The van der Waals surface area contributed by atoms with E-state index in [-0.39, 0.29) is 0 Å². The maximum absolute atomic E-state index is 6.00. The van der Waals surface area contributed by atoms with E-state index in [1.807, 2.05) is 7.05 Å². The summed E-state index contributed by atoms with van der Waals surface area (Å²) in [5.41, 5.74) is 0. The van der Waals surface area contributed by atoms with Gasteiger partial charge < -0.3 is 10.6 Å². The first-order valence-corrected chi connectivity index (χ1v) is 6.06. The van der Waals surface area contributed by atoms with Crippen LogP contribution in [0, 0.1) is 0 Å². The van der Waals surface area contributed by atoms with Gasteiger partial charge >= 0.3 is 0 Å². The fraction of sp³-hybridized carbons (Fsp3) is 0.636. The van der Waals surface area contributed by atoms with Crippen LogP contribution in [-0.2, 0) is 0 Å². The summed E-state index contributed by atoms with van der Waals surface area (Å²) in [7, 11) is 2.03. The molecule has 0 amide bonds. The number of nitrogens with zero attached hydrogens (tertiary/aromatic N) is 2.